The number of hydrogen-bond donors (Lipinski definition) is 2. The van der Waals surface area contributed by atoms with Crippen molar-refractivity contribution in [1.29, 1.82) is 0 Å². The van der Waals surface area contributed by atoms with Gasteiger partial charge in [0.25, 0.3) is 0 Å². The van der Waals surface area contributed by atoms with Crippen LogP contribution in [0.25, 0.3) is 0 Å². The van der Waals surface area contributed by atoms with E-state index in [4.69, 9.17) is 23.2 Å². The van der Waals surface area contributed by atoms with Crippen LogP contribution in [0.1, 0.15) is 47.6 Å². The summed E-state index contributed by atoms with van der Waals surface area (Å²) < 4.78 is 0. The Kier molecular flexibility index (Phi) is 5.68. The van der Waals surface area contributed by atoms with Gasteiger partial charge in [-0.15, -0.1) is 0 Å². The number of aliphatic hydroxyl groups is 2. The van der Waals surface area contributed by atoms with Crippen LogP contribution in [-0.4, -0.2) is 27.6 Å². The van der Waals surface area contributed by atoms with E-state index in [0.717, 1.165) is 11.1 Å². The summed E-state index contributed by atoms with van der Waals surface area (Å²) in [5.74, 6) is -0.235. The number of aliphatic hydroxyl groups excluding tert-OH is 1. The Morgan fingerprint density at radius 2 is 2.15 bits per heavy atom. The molecular weight excluding hydrogens is 373 g/mol. The zero-order valence-electron chi connectivity index (χ0n) is 14.5. The molecule has 1 aromatic carbocycles. The van der Waals surface area contributed by atoms with Gasteiger partial charge in [-0.1, -0.05) is 29.3 Å². The SMILES string of the molecule is Cc1cc(Cl)cc(Cl)c1CCC(=O)C1CCC(O)(CO)c2ncccc21. The predicted molar refractivity (Wildman–Crippen MR) is 102 cm³/mol. The Bertz CT molecular complexity index is 817. The molecule has 26 heavy (non-hydrogen) atoms. The minimum absolute atomic E-state index is 0.0876. The molecule has 4 nitrogen and oxygen atoms in total. The molecule has 2 atom stereocenters. The van der Waals surface area contributed by atoms with Gasteiger partial charge in [0.15, 0.2) is 0 Å². The quantitative estimate of drug-likeness (QED) is 0.806. The average molecular weight is 394 g/mol. The standard InChI is InChI=1S/C20H21Cl2NO3/c1-12-9-13(21)10-17(22)14(12)4-5-18(25)15-6-7-20(26,11-24)19-16(15)3-2-8-23-19/h2-3,8-10,15,24,26H,4-7,11H2,1H3. The van der Waals surface area contributed by atoms with E-state index in [9.17, 15) is 15.0 Å². The molecule has 3 rings (SSSR count). The topological polar surface area (TPSA) is 70.4 Å². The van der Waals surface area contributed by atoms with Crippen LogP contribution in [-0.2, 0) is 16.8 Å². The van der Waals surface area contributed by atoms with E-state index >= 15 is 0 Å². The van der Waals surface area contributed by atoms with Gasteiger partial charge < -0.3 is 10.2 Å². The zero-order valence-corrected chi connectivity index (χ0v) is 16.0. The van der Waals surface area contributed by atoms with Gasteiger partial charge in [0.05, 0.1) is 12.3 Å². The lowest BCUT2D eigenvalue weighted by molar-refractivity contribution is -0.122. The van der Waals surface area contributed by atoms with E-state index in [1.807, 2.05) is 19.1 Å². The molecule has 1 aliphatic carbocycles. The van der Waals surface area contributed by atoms with Crippen molar-refractivity contribution in [3.05, 3.63) is 62.9 Å². The lowest BCUT2D eigenvalue weighted by atomic mass is 9.74. The fourth-order valence-electron chi connectivity index (χ4n) is 3.70. The first-order valence-electron chi connectivity index (χ1n) is 8.61. The zero-order chi connectivity index (χ0) is 18.9. The van der Waals surface area contributed by atoms with Crippen molar-refractivity contribution in [2.75, 3.05) is 6.61 Å². The summed E-state index contributed by atoms with van der Waals surface area (Å²) in [5, 5.41) is 21.3. The van der Waals surface area contributed by atoms with Crippen molar-refractivity contribution in [2.45, 2.75) is 44.1 Å². The van der Waals surface area contributed by atoms with Crippen molar-refractivity contribution in [2.24, 2.45) is 0 Å². The van der Waals surface area contributed by atoms with Gasteiger partial charge in [0.1, 0.15) is 11.4 Å². The number of carbonyl (C=O) groups excluding carboxylic acids is 1. The van der Waals surface area contributed by atoms with Gasteiger partial charge in [-0.25, -0.2) is 0 Å². The van der Waals surface area contributed by atoms with E-state index in [-0.39, 0.29) is 11.7 Å². The van der Waals surface area contributed by atoms with E-state index < -0.39 is 12.2 Å². The Hall–Kier alpha value is -1.46. The van der Waals surface area contributed by atoms with Gasteiger partial charge in [-0.2, -0.15) is 0 Å². The van der Waals surface area contributed by atoms with Gasteiger partial charge in [-0.05, 0) is 61.1 Å². The van der Waals surface area contributed by atoms with Crippen LogP contribution in [0.5, 0.6) is 0 Å². The number of aromatic nitrogens is 1. The first-order chi connectivity index (χ1) is 12.4. The molecule has 0 bridgehead atoms. The monoisotopic (exact) mass is 393 g/mol. The molecule has 1 aliphatic rings. The molecule has 0 aliphatic heterocycles. The normalized spacial score (nSPS) is 22.1. The summed E-state index contributed by atoms with van der Waals surface area (Å²) in [5.41, 5.74) is 1.64. The summed E-state index contributed by atoms with van der Waals surface area (Å²) in [6.07, 6.45) is 3.26. The molecule has 6 heteroatoms. The highest BCUT2D eigenvalue weighted by molar-refractivity contribution is 6.35. The van der Waals surface area contributed by atoms with Crippen molar-refractivity contribution in [1.82, 2.24) is 4.98 Å². The fraction of sp³-hybridized carbons (Fsp3) is 0.400. The second-order valence-corrected chi connectivity index (χ2v) is 7.72. The maximum Gasteiger partial charge on any atom is 0.140 e. The number of hydrogen-bond acceptors (Lipinski definition) is 4. The molecule has 2 N–H and O–H groups in total. The predicted octanol–water partition coefficient (Wildman–Crippen LogP) is 3.96. The molecule has 0 amide bonds. The largest absolute Gasteiger partial charge is 0.393 e. The Labute approximate surface area is 162 Å². The summed E-state index contributed by atoms with van der Waals surface area (Å²) in [4.78, 5) is 17.1. The van der Waals surface area contributed by atoms with Gasteiger partial charge in [0.2, 0.25) is 0 Å². The number of aryl methyl sites for hydroxylation is 1. The molecule has 0 saturated heterocycles. The van der Waals surface area contributed by atoms with Crippen LogP contribution >= 0.6 is 23.2 Å². The molecule has 0 fully saturated rings. The minimum Gasteiger partial charge on any atom is -0.393 e. The number of rotatable bonds is 5. The fourth-order valence-corrected chi connectivity index (χ4v) is 4.39. The van der Waals surface area contributed by atoms with Crippen LogP contribution < -0.4 is 0 Å². The van der Waals surface area contributed by atoms with Gasteiger partial charge >= 0.3 is 0 Å². The van der Waals surface area contributed by atoms with Crippen molar-refractivity contribution < 1.29 is 15.0 Å². The maximum atomic E-state index is 12.9. The molecule has 0 saturated carbocycles. The van der Waals surface area contributed by atoms with Crippen LogP contribution in [0, 0.1) is 6.92 Å². The molecule has 2 aromatic rings. The van der Waals surface area contributed by atoms with E-state index in [0.29, 0.717) is 47.0 Å². The Morgan fingerprint density at radius 1 is 1.38 bits per heavy atom. The molecule has 1 aromatic heterocycles. The smallest absolute Gasteiger partial charge is 0.140 e. The molecular formula is C20H21Cl2NO3. The summed E-state index contributed by atoms with van der Waals surface area (Å²) in [6, 6.07) is 7.10. The molecule has 0 spiro atoms. The number of carbonyl (C=O) groups is 1. The van der Waals surface area contributed by atoms with Crippen LogP contribution in [0.15, 0.2) is 30.5 Å². The summed E-state index contributed by atoms with van der Waals surface area (Å²) >= 11 is 12.3. The van der Waals surface area contributed by atoms with E-state index in [2.05, 4.69) is 4.98 Å². The third-order valence-electron chi connectivity index (χ3n) is 5.16. The van der Waals surface area contributed by atoms with E-state index in [1.165, 1.54) is 0 Å². The number of fused-ring (bicyclic) bond motifs is 1. The number of ketones is 1. The highest BCUT2D eigenvalue weighted by Crippen LogP contribution is 2.41. The second kappa shape index (κ2) is 7.65. The number of nitrogens with zero attached hydrogens (tertiary/aromatic N) is 1. The number of benzene rings is 1. The summed E-state index contributed by atoms with van der Waals surface area (Å²) in [7, 11) is 0. The Balaban J connectivity index is 1.80. The third-order valence-corrected chi connectivity index (χ3v) is 5.71. The number of pyridine rings is 1. The first-order valence-corrected chi connectivity index (χ1v) is 9.37. The highest BCUT2D eigenvalue weighted by atomic mass is 35.5. The third kappa shape index (κ3) is 3.65. The van der Waals surface area contributed by atoms with Gasteiger partial charge in [-0.3, -0.25) is 9.78 Å². The minimum atomic E-state index is -1.37. The summed E-state index contributed by atoms with van der Waals surface area (Å²) in [6.45, 7) is 1.52. The van der Waals surface area contributed by atoms with Crippen molar-refractivity contribution >= 4 is 29.0 Å². The Morgan fingerprint density at radius 3 is 2.85 bits per heavy atom. The highest BCUT2D eigenvalue weighted by Gasteiger charge is 2.41. The maximum absolute atomic E-state index is 12.9. The number of halogens is 2. The van der Waals surface area contributed by atoms with E-state index in [1.54, 1.807) is 18.3 Å². The van der Waals surface area contributed by atoms with Gasteiger partial charge in [0, 0.05) is 28.6 Å². The molecule has 1 heterocycles. The molecule has 2 unspecified atom stereocenters. The number of Topliss-reactive ketones (excluding diaryl/α,β-unsaturated/α-hetero) is 1. The molecule has 138 valence electrons. The van der Waals surface area contributed by atoms with Crippen LogP contribution in [0.4, 0.5) is 0 Å². The lowest BCUT2D eigenvalue weighted by Gasteiger charge is -2.35. The van der Waals surface area contributed by atoms with Crippen molar-refractivity contribution in [3.63, 3.8) is 0 Å². The van der Waals surface area contributed by atoms with Crippen LogP contribution in [0.3, 0.4) is 0 Å². The van der Waals surface area contributed by atoms with Crippen molar-refractivity contribution in [3.8, 4) is 0 Å². The lowest BCUT2D eigenvalue weighted by Crippen LogP contribution is -2.38. The first kappa shape index (κ1) is 19.3. The van der Waals surface area contributed by atoms with Crippen LogP contribution in [0.2, 0.25) is 10.0 Å². The average Bonchev–Trinajstić information content (AvgIpc) is 2.61. The second-order valence-electron chi connectivity index (χ2n) is 6.87. The molecule has 0 radical (unpaired) electrons.